The second kappa shape index (κ2) is 5.92. The van der Waals surface area contributed by atoms with Gasteiger partial charge in [-0.05, 0) is 29.0 Å². The standard InChI is InChI=1S/C14H22O/c1-5-7-12-8-6-9-13(11(2)3)14(12)10-15-4/h6,8-9,11H,5,7,10H2,1-4H3. The highest BCUT2D eigenvalue weighted by Gasteiger charge is 2.10. The van der Waals surface area contributed by atoms with E-state index in [1.54, 1.807) is 7.11 Å². The van der Waals surface area contributed by atoms with Crippen molar-refractivity contribution < 1.29 is 4.74 Å². The molecule has 0 fully saturated rings. The van der Waals surface area contributed by atoms with Crippen LogP contribution in [0.25, 0.3) is 0 Å². The number of methoxy groups -OCH3 is 1. The fraction of sp³-hybridized carbons (Fsp3) is 0.571. The fourth-order valence-corrected chi connectivity index (χ4v) is 2.02. The van der Waals surface area contributed by atoms with Gasteiger partial charge in [0.05, 0.1) is 6.61 Å². The predicted octanol–water partition coefficient (Wildman–Crippen LogP) is 3.91. The van der Waals surface area contributed by atoms with E-state index < -0.39 is 0 Å². The lowest BCUT2D eigenvalue weighted by Gasteiger charge is -2.16. The summed E-state index contributed by atoms with van der Waals surface area (Å²) >= 11 is 0. The van der Waals surface area contributed by atoms with E-state index in [2.05, 4.69) is 39.0 Å². The van der Waals surface area contributed by atoms with Crippen molar-refractivity contribution in [1.29, 1.82) is 0 Å². The number of aryl methyl sites for hydroxylation is 1. The molecule has 0 bridgehead atoms. The number of ether oxygens (including phenoxy) is 1. The minimum absolute atomic E-state index is 0.576. The Kier molecular flexibility index (Phi) is 4.83. The van der Waals surface area contributed by atoms with E-state index in [1.807, 2.05) is 0 Å². The summed E-state index contributed by atoms with van der Waals surface area (Å²) in [5.41, 5.74) is 4.28. The number of rotatable bonds is 5. The molecule has 0 saturated carbocycles. The quantitative estimate of drug-likeness (QED) is 0.709. The second-order valence-corrected chi connectivity index (χ2v) is 4.32. The third-order valence-corrected chi connectivity index (χ3v) is 2.74. The molecule has 1 rings (SSSR count). The summed E-state index contributed by atoms with van der Waals surface area (Å²) < 4.78 is 5.31. The summed E-state index contributed by atoms with van der Waals surface area (Å²) in [5, 5.41) is 0. The van der Waals surface area contributed by atoms with E-state index in [0.717, 1.165) is 13.0 Å². The lowest BCUT2D eigenvalue weighted by atomic mass is 9.92. The molecule has 0 aromatic heterocycles. The Labute approximate surface area is 93.5 Å². The SMILES string of the molecule is CCCc1cccc(C(C)C)c1COC. The second-order valence-electron chi connectivity index (χ2n) is 4.32. The monoisotopic (exact) mass is 206 g/mol. The Hall–Kier alpha value is -0.820. The van der Waals surface area contributed by atoms with Gasteiger partial charge < -0.3 is 4.74 Å². The first kappa shape index (κ1) is 12.3. The average molecular weight is 206 g/mol. The third kappa shape index (κ3) is 3.07. The number of hydrogen-bond donors (Lipinski definition) is 0. The number of hydrogen-bond acceptors (Lipinski definition) is 1. The van der Waals surface area contributed by atoms with Gasteiger partial charge in [0.2, 0.25) is 0 Å². The van der Waals surface area contributed by atoms with Gasteiger partial charge in [0, 0.05) is 7.11 Å². The van der Waals surface area contributed by atoms with Gasteiger partial charge >= 0.3 is 0 Å². The summed E-state index contributed by atoms with van der Waals surface area (Å²) in [7, 11) is 1.77. The smallest absolute Gasteiger partial charge is 0.0718 e. The highest BCUT2D eigenvalue weighted by atomic mass is 16.5. The normalized spacial score (nSPS) is 11.0. The van der Waals surface area contributed by atoms with E-state index in [0.29, 0.717) is 5.92 Å². The highest BCUT2D eigenvalue weighted by molar-refractivity contribution is 5.36. The van der Waals surface area contributed by atoms with Crippen LogP contribution < -0.4 is 0 Å². The maximum absolute atomic E-state index is 5.31. The van der Waals surface area contributed by atoms with E-state index in [-0.39, 0.29) is 0 Å². The van der Waals surface area contributed by atoms with Crippen LogP contribution in [0.5, 0.6) is 0 Å². The first-order valence-electron chi connectivity index (χ1n) is 5.80. The predicted molar refractivity (Wildman–Crippen MR) is 65.2 cm³/mol. The average Bonchev–Trinajstić information content (AvgIpc) is 2.21. The van der Waals surface area contributed by atoms with Crippen molar-refractivity contribution in [1.82, 2.24) is 0 Å². The van der Waals surface area contributed by atoms with Crippen molar-refractivity contribution in [3.05, 3.63) is 34.9 Å². The molecule has 0 atom stereocenters. The summed E-state index contributed by atoms with van der Waals surface area (Å²) in [6, 6.07) is 6.61. The van der Waals surface area contributed by atoms with Crippen molar-refractivity contribution in [3.63, 3.8) is 0 Å². The van der Waals surface area contributed by atoms with Crippen LogP contribution in [0, 0.1) is 0 Å². The highest BCUT2D eigenvalue weighted by Crippen LogP contribution is 2.24. The molecule has 0 unspecified atom stereocenters. The van der Waals surface area contributed by atoms with Crippen LogP contribution in [0.15, 0.2) is 18.2 Å². The summed E-state index contributed by atoms with van der Waals surface area (Å²) in [6.07, 6.45) is 2.34. The molecule has 15 heavy (non-hydrogen) atoms. The maximum Gasteiger partial charge on any atom is 0.0718 e. The van der Waals surface area contributed by atoms with Gasteiger partial charge in [-0.1, -0.05) is 45.4 Å². The van der Waals surface area contributed by atoms with Gasteiger partial charge in [-0.15, -0.1) is 0 Å². The maximum atomic E-state index is 5.31. The molecule has 0 aliphatic heterocycles. The molecule has 0 amide bonds. The molecule has 1 aromatic rings. The summed E-state index contributed by atoms with van der Waals surface area (Å²) in [5.74, 6) is 0.576. The molecule has 0 radical (unpaired) electrons. The van der Waals surface area contributed by atoms with Crippen LogP contribution in [-0.2, 0) is 17.8 Å². The molecule has 84 valence electrons. The molecule has 1 aromatic carbocycles. The zero-order valence-corrected chi connectivity index (χ0v) is 10.3. The van der Waals surface area contributed by atoms with Gasteiger partial charge in [0.25, 0.3) is 0 Å². The minimum Gasteiger partial charge on any atom is -0.380 e. The third-order valence-electron chi connectivity index (χ3n) is 2.74. The van der Waals surface area contributed by atoms with Gasteiger partial charge in [0.15, 0.2) is 0 Å². The van der Waals surface area contributed by atoms with Crippen LogP contribution in [-0.4, -0.2) is 7.11 Å². The largest absolute Gasteiger partial charge is 0.380 e. The van der Waals surface area contributed by atoms with Crippen LogP contribution in [0.3, 0.4) is 0 Å². The molecule has 0 spiro atoms. The summed E-state index contributed by atoms with van der Waals surface area (Å²) in [4.78, 5) is 0. The van der Waals surface area contributed by atoms with Gasteiger partial charge in [-0.3, -0.25) is 0 Å². The molecule has 0 aliphatic carbocycles. The molecule has 1 nitrogen and oxygen atoms in total. The zero-order valence-electron chi connectivity index (χ0n) is 10.3. The zero-order chi connectivity index (χ0) is 11.3. The van der Waals surface area contributed by atoms with Crippen molar-refractivity contribution in [2.75, 3.05) is 7.11 Å². The Morgan fingerprint density at radius 2 is 2.00 bits per heavy atom. The van der Waals surface area contributed by atoms with E-state index in [4.69, 9.17) is 4.74 Å². The molecule has 0 aliphatic rings. The Morgan fingerprint density at radius 3 is 2.53 bits per heavy atom. The Balaban J connectivity index is 3.09. The van der Waals surface area contributed by atoms with Gasteiger partial charge in [-0.2, -0.15) is 0 Å². The van der Waals surface area contributed by atoms with Crippen molar-refractivity contribution in [3.8, 4) is 0 Å². The summed E-state index contributed by atoms with van der Waals surface area (Å²) in [6.45, 7) is 7.44. The molecule has 0 heterocycles. The van der Waals surface area contributed by atoms with Gasteiger partial charge in [0.1, 0.15) is 0 Å². The molecule has 0 saturated heterocycles. The van der Waals surface area contributed by atoms with Crippen molar-refractivity contribution in [2.45, 2.75) is 46.1 Å². The van der Waals surface area contributed by atoms with E-state index in [9.17, 15) is 0 Å². The first-order chi connectivity index (χ1) is 7.20. The van der Waals surface area contributed by atoms with E-state index >= 15 is 0 Å². The first-order valence-corrected chi connectivity index (χ1v) is 5.80. The van der Waals surface area contributed by atoms with Crippen LogP contribution in [0.2, 0.25) is 0 Å². The fourth-order valence-electron chi connectivity index (χ4n) is 2.02. The van der Waals surface area contributed by atoms with E-state index in [1.165, 1.54) is 23.1 Å². The minimum atomic E-state index is 0.576. The van der Waals surface area contributed by atoms with Crippen LogP contribution in [0.1, 0.15) is 49.8 Å². The lowest BCUT2D eigenvalue weighted by Crippen LogP contribution is -2.03. The Bertz CT molecular complexity index is 302. The van der Waals surface area contributed by atoms with Crippen LogP contribution in [0.4, 0.5) is 0 Å². The topological polar surface area (TPSA) is 9.23 Å². The van der Waals surface area contributed by atoms with Crippen molar-refractivity contribution >= 4 is 0 Å². The Morgan fingerprint density at radius 1 is 1.27 bits per heavy atom. The van der Waals surface area contributed by atoms with Crippen molar-refractivity contribution in [2.24, 2.45) is 0 Å². The molecular weight excluding hydrogens is 184 g/mol. The molecule has 0 N–H and O–H groups in total. The lowest BCUT2D eigenvalue weighted by molar-refractivity contribution is 0.183. The van der Waals surface area contributed by atoms with Crippen LogP contribution >= 0.6 is 0 Å². The van der Waals surface area contributed by atoms with Gasteiger partial charge in [-0.25, -0.2) is 0 Å². The number of benzene rings is 1. The molecule has 1 heteroatoms. The molecular formula is C14H22O.